The number of esters is 1. The molecular weight excluding hydrogens is 384 g/mol. The molecule has 0 aliphatic heterocycles. The number of hydrogen-bond acceptors (Lipinski definition) is 5. The van der Waals surface area contributed by atoms with Gasteiger partial charge in [-0.3, -0.25) is 14.9 Å². The monoisotopic (exact) mass is 406 g/mol. The van der Waals surface area contributed by atoms with E-state index in [1.807, 2.05) is 38.1 Å². The van der Waals surface area contributed by atoms with Gasteiger partial charge in [0.15, 0.2) is 6.61 Å². The van der Waals surface area contributed by atoms with Gasteiger partial charge in [0.1, 0.15) is 5.75 Å². The Kier molecular flexibility index (Phi) is 6.32. The minimum absolute atomic E-state index is 0.214. The molecule has 0 bridgehead atoms. The number of hydrogen-bond donors (Lipinski definition) is 1. The molecule has 1 heterocycles. The molecule has 7 heteroatoms. The number of imide groups is 1. The highest BCUT2D eigenvalue weighted by molar-refractivity contribution is 6.07. The van der Waals surface area contributed by atoms with Gasteiger partial charge in [-0.2, -0.15) is 0 Å². The highest BCUT2D eigenvalue weighted by Gasteiger charge is 2.16. The van der Waals surface area contributed by atoms with Gasteiger partial charge in [-0.15, -0.1) is 0 Å². The summed E-state index contributed by atoms with van der Waals surface area (Å²) in [7, 11) is 1.43. The molecule has 154 valence electrons. The Bertz CT molecular complexity index is 1060. The molecule has 2 aromatic carbocycles. The molecule has 7 nitrogen and oxygen atoms in total. The predicted molar refractivity (Wildman–Crippen MR) is 111 cm³/mol. The van der Waals surface area contributed by atoms with Crippen LogP contribution in [-0.4, -0.2) is 36.1 Å². The normalized spacial score (nSPS) is 10.4. The van der Waals surface area contributed by atoms with Crippen molar-refractivity contribution in [2.24, 2.45) is 0 Å². The number of aromatic nitrogens is 1. The van der Waals surface area contributed by atoms with E-state index in [2.05, 4.69) is 9.88 Å². The number of aryl methyl sites for hydroxylation is 2. The van der Waals surface area contributed by atoms with Crippen molar-refractivity contribution in [1.29, 1.82) is 0 Å². The molecule has 2 amide bonds. The van der Waals surface area contributed by atoms with Gasteiger partial charge in [-0.05, 0) is 62.4 Å². The molecule has 1 aromatic heterocycles. The molecule has 0 saturated carbocycles. The Morgan fingerprint density at radius 1 is 0.900 bits per heavy atom. The largest absolute Gasteiger partial charge is 0.496 e. The van der Waals surface area contributed by atoms with Crippen LogP contribution in [0, 0.1) is 13.8 Å². The summed E-state index contributed by atoms with van der Waals surface area (Å²) in [6.45, 7) is 3.43. The van der Waals surface area contributed by atoms with E-state index in [9.17, 15) is 14.4 Å². The van der Waals surface area contributed by atoms with Crippen LogP contribution in [-0.2, 0) is 9.53 Å². The van der Waals surface area contributed by atoms with Crippen molar-refractivity contribution in [1.82, 2.24) is 9.88 Å². The van der Waals surface area contributed by atoms with Gasteiger partial charge in [0, 0.05) is 17.1 Å². The molecular formula is C23H22N2O5. The lowest BCUT2D eigenvalue weighted by atomic mass is 10.2. The van der Waals surface area contributed by atoms with Crippen LogP contribution in [0.5, 0.6) is 5.75 Å². The van der Waals surface area contributed by atoms with E-state index in [0.29, 0.717) is 11.3 Å². The van der Waals surface area contributed by atoms with Gasteiger partial charge in [0.2, 0.25) is 0 Å². The number of amides is 2. The fourth-order valence-electron chi connectivity index (χ4n) is 3.10. The summed E-state index contributed by atoms with van der Waals surface area (Å²) in [5.74, 6) is -1.67. The lowest BCUT2D eigenvalue weighted by Crippen LogP contribution is -2.34. The number of para-hydroxylation sites is 1. The average molecular weight is 406 g/mol. The van der Waals surface area contributed by atoms with E-state index in [1.165, 1.54) is 13.2 Å². The Labute approximate surface area is 174 Å². The first-order chi connectivity index (χ1) is 14.4. The molecule has 0 aliphatic rings. The topological polar surface area (TPSA) is 86.6 Å². The van der Waals surface area contributed by atoms with Gasteiger partial charge in [0.05, 0.1) is 18.2 Å². The number of carbonyl (C=O) groups is 3. The molecule has 3 aromatic rings. The first kappa shape index (κ1) is 20.9. The Morgan fingerprint density at radius 3 is 2.17 bits per heavy atom. The highest BCUT2D eigenvalue weighted by atomic mass is 16.5. The van der Waals surface area contributed by atoms with Gasteiger partial charge in [0.25, 0.3) is 11.8 Å². The Morgan fingerprint density at radius 2 is 1.53 bits per heavy atom. The minimum Gasteiger partial charge on any atom is -0.496 e. The molecule has 0 saturated heterocycles. The van der Waals surface area contributed by atoms with Crippen molar-refractivity contribution in [2.45, 2.75) is 13.8 Å². The van der Waals surface area contributed by atoms with E-state index in [4.69, 9.17) is 9.47 Å². The molecule has 0 aliphatic carbocycles. The average Bonchev–Trinajstić information content (AvgIpc) is 3.10. The quantitative estimate of drug-likeness (QED) is 0.635. The number of methoxy groups -OCH3 is 1. The van der Waals surface area contributed by atoms with Crippen LogP contribution in [0.3, 0.4) is 0 Å². The maximum atomic E-state index is 12.2. The Hall–Kier alpha value is -3.87. The van der Waals surface area contributed by atoms with Crippen molar-refractivity contribution in [2.75, 3.05) is 13.7 Å². The molecule has 0 unspecified atom stereocenters. The van der Waals surface area contributed by atoms with Crippen LogP contribution >= 0.6 is 0 Å². The molecule has 0 spiro atoms. The first-order valence-electron chi connectivity index (χ1n) is 9.30. The van der Waals surface area contributed by atoms with Crippen molar-refractivity contribution in [3.05, 3.63) is 83.2 Å². The SMILES string of the molecule is COc1ccccc1C(=O)NC(=O)COC(=O)c1ccc(-n2c(C)ccc2C)cc1. The predicted octanol–water partition coefficient (Wildman–Crippen LogP) is 3.22. The highest BCUT2D eigenvalue weighted by Crippen LogP contribution is 2.18. The maximum Gasteiger partial charge on any atom is 0.338 e. The zero-order valence-corrected chi connectivity index (χ0v) is 17.0. The van der Waals surface area contributed by atoms with E-state index in [-0.39, 0.29) is 5.56 Å². The third-order valence-corrected chi connectivity index (χ3v) is 4.57. The van der Waals surface area contributed by atoms with Crippen LogP contribution in [0.15, 0.2) is 60.7 Å². The second kappa shape index (κ2) is 9.09. The number of ether oxygens (including phenoxy) is 2. The van der Waals surface area contributed by atoms with Crippen LogP contribution in [0.1, 0.15) is 32.1 Å². The summed E-state index contributed by atoms with van der Waals surface area (Å²) >= 11 is 0. The molecule has 3 rings (SSSR count). The number of rotatable bonds is 6. The summed E-state index contributed by atoms with van der Waals surface area (Å²) in [6, 6.07) is 17.4. The number of nitrogens with one attached hydrogen (secondary N) is 1. The lowest BCUT2D eigenvalue weighted by molar-refractivity contribution is -0.123. The van der Waals surface area contributed by atoms with Crippen molar-refractivity contribution < 1.29 is 23.9 Å². The van der Waals surface area contributed by atoms with Crippen molar-refractivity contribution in [3.63, 3.8) is 0 Å². The fraction of sp³-hybridized carbons (Fsp3) is 0.174. The second-order valence-electron chi connectivity index (χ2n) is 6.65. The zero-order valence-electron chi connectivity index (χ0n) is 17.0. The third kappa shape index (κ3) is 4.57. The molecule has 0 atom stereocenters. The smallest absolute Gasteiger partial charge is 0.338 e. The molecule has 30 heavy (non-hydrogen) atoms. The van der Waals surface area contributed by atoms with Crippen LogP contribution in [0.4, 0.5) is 0 Å². The van der Waals surface area contributed by atoms with Gasteiger partial charge >= 0.3 is 5.97 Å². The third-order valence-electron chi connectivity index (χ3n) is 4.57. The van der Waals surface area contributed by atoms with Crippen molar-refractivity contribution >= 4 is 17.8 Å². The standard InChI is InChI=1S/C23H22N2O5/c1-15-8-9-16(2)25(15)18-12-10-17(11-13-18)23(28)30-14-21(26)24-22(27)19-6-4-5-7-20(19)29-3/h4-13H,14H2,1-3H3,(H,24,26,27). The molecule has 0 radical (unpaired) electrons. The second-order valence-corrected chi connectivity index (χ2v) is 6.65. The first-order valence-corrected chi connectivity index (χ1v) is 9.30. The van der Waals surface area contributed by atoms with Crippen LogP contribution in [0.2, 0.25) is 0 Å². The summed E-state index contributed by atoms with van der Waals surface area (Å²) in [5.41, 5.74) is 3.61. The number of benzene rings is 2. The molecule has 1 N–H and O–H groups in total. The lowest BCUT2D eigenvalue weighted by Gasteiger charge is -2.11. The summed E-state index contributed by atoms with van der Waals surface area (Å²) in [4.78, 5) is 36.4. The number of carbonyl (C=O) groups excluding carboxylic acids is 3. The van der Waals surface area contributed by atoms with Gasteiger partial charge in [-0.25, -0.2) is 4.79 Å². The minimum atomic E-state index is -0.727. The number of nitrogens with zero attached hydrogens (tertiary/aromatic N) is 1. The van der Waals surface area contributed by atoms with Crippen molar-refractivity contribution in [3.8, 4) is 11.4 Å². The van der Waals surface area contributed by atoms with Gasteiger partial charge < -0.3 is 14.0 Å². The fourth-order valence-corrected chi connectivity index (χ4v) is 3.10. The van der Waals surface area contributed by atoms with E-state index >= 15 is 0 Å². The summed E-state index contributed by atoms with van der Waals surface area (Å²) in [5, 5.41) is 2.18. The Balaban J connectivity index is 1.57. The van der Waals surface area contributed by atoms with Crippen LogP contribution < -0.4 is 10.1 Å². The van der Waals surface area contributed by atoms with Gasteiger partial charge in [-0.1, -0.05) is 12.1 Å². The molecule has 0 fully saturated rings. The van der Waals surface area contributed by atoms with E-state index < -0.39 is 24.4 Å². The summed E-state index contributed by atoms with van der Waals surface area (Å²) in [6.07, 6.45) is 0. The zero-order chi connectivity index (χ0) is 21.7. The van der Waals surface area contributed by atoms with E-state index in [1.54, 1.807) is 30.3 Å². The van der Waals surface area contributed by atoms with E-state index in [0.717, 1.165) is 17.1 Å². The maximum absolute atomic E-state index is 12.2. The van der Waals surface area contributed by atoms with Crippen LogP contribution in [0.25, 0.3) is 5.69 Å². The summed E-state index contributed by atoms with van der Waals surface area (Å²) < 4.78 is 12.2.